The average Bonchev–Trinajstić information content (AvgIpc) is 2.44. The molecule has 1 aromatic rings. The number of aliphatic hydroxyl groups excluding tert-OH is 1. The number of nitrogens with one attached hydrogen (secondary N) is 1. The molecule has 110 valence electrons. The maximum absolute atomic E-state index is 11.8. The van der Waals surface area contributed by atoms with Gasteiger partial charge in [0.2, 0.25) is 5.91 Å². The smallest absolute Gasteiger partial charge is 0.244 e. The van der Waals surface area contributed by atoms with E-state index < -0.39 is 0 Å². The van der Waals surface area contributed by atoms with E-state index in [1.54, 1.807) is 13.2 Å². The van der Waals surface area contributed by atoms with Gasteiger partial charge in [-0.2, -0.15) is 0 Å². The van der Waals surface area contributed by atoms with E-state index in [2.05, 4.69) is 19.2 Å². The van der Waals surface area contributed by atoms with Gasteiger partial charge in [-0.15, -0.1) is 0 Å². The van der Waals surface area contributed by atoms with Crippen LogP contribution in [0.1, 0.15) is 25.8 Å². The van der Waals surface area contributed by atoms with E-state index in [-0.39, 0.29) is 18.6 Å². The SMILES string of the molecule is COc1ccc(/C=C/C(=O)N[C@H](CO)CC(C)C)cc1. The summed E-state index contributed by atoms with van der Waals surface area (Å²) in [6, 6.07) is 7.24. The third-order valence-electron chi connectivity index (χ3n) is 2.87. The third kappa shape index (κ3) is 5.89. The summed E-state index contributed by atoms with van der Waals surface area (Å²) >= 11 is 0. The van der Waals surface area contributed by atoms with Crippen LogP contribution in [0, 0.1) is 5.92 Å². The van der Waals surface area contributed by atoms with Gasteiger partial charge >= 0.3 is 0 Å². The van der Waals surface area contributed by atoms with Gasteiger partial charge in [0.1, 0.15) is 5.75 Å². The quantitative estimate of drug-likeness (QED) is 0.751. The number of rotatable bonds is 7. The van der Waals surface area contributed by atoms with E-state index in [4.69, 9.17) is 4.74 Å². The molecule has 0 fully saturated rings. The summed E-state index contributed by atoms with van der Waals surface area (Å²) < 4.78 is 5.07. The maximum atomic E-state index is 11.8. The molecule has 0 spiro atoms. The summed E-state index contributed by atoms with van der Waals surface area (Å²) in [6.45, 7) is 4.07. The summed E-state index contributed by atoms with van der Waals surface area (Å²) in [5.41, 5.74) is 0.922. The summed E-state index contributed by atoms with van der Waals surface area (Å²) in [7, 11) is 1.61. The molecule has 1 rings (SSSR count). The van der Waals surface area contributed by atoms with Gasteiger partial charge in [-0.05, 0) is 36.1 Å². The van der Waals surface area contributed by atoms with E-state index in [1.807, 2.05) is 24.3 Å². The molecule has 1 atom stereocenters. The molecule has 0 aromatic heterocycles. The highest BCUT2D eigenvalue weighted by atomic mass is 16.5. The lowest BCUT2D eigenvalue weighted by atomic mass is 10.0. The number of amides is 1. The topological polar surface area (TPSA) is 58.6 Å². The van der Waals surface area contributed by atoms with E-state index in [0.29, 0.717) is 5.92 Å². The van der Waals surface area contributed by atoms with Crippen LogP contribution in [0.2, 0.25) is 0 Å². The minimum absolute atomic E-state index is 0.0414. The molecular formula is C16H23NO3. The number of hydrogen-bond donors (Lipinski definition) is 2. The highest BCUT2D eigenvalue weighted by molar-refractivity contribution is 5.91. The first-order valence-corrected chi connectivity index (χ1v) is 6.78. The zero-order valence-electron chi connectivity index (χ0n) is 12.3. The molecule has 0 aliphatic rings. The fraction of sp³-hybridized carbons (Fsp3) is 0.438. The fourth-order valence-corrected chi connectivity index (χ4v) is 1.88. The summed E-state index contributed by atoms with van der Waals surface area (Å²) in [4.78, 5) is 11.8. The van der Waals surface area contributed by atoms with Crippen LogP contribution >= 0.6 is 0 Å². The van der Waals surface area contributed by atoms with Crippen LogP contribution in [0.25, 0.3) is 6.08 Å². The Hall–Kier alpha value is -1.81. The number of methoxy groups -OCH3 is 1. The number of ether oxygens (including phenoxy) is 1. The zero-order chi connectivity index (χ0) is 15.0. The fourth-order valence-electron chi connectivity index (χ4n) is 1.88. The molecule has 0 unspecified atom stereocenters. The van der Waals surface area contributed by atoms with E-state index >= 15 is 0 Å². The molecule has 0 heterocycles. The first-order valence-electron chi connectivity index (χ1n) is 6.78. The Bertz CT molecular complexity index is 438. The zero-order valence-corrected chi connectivity index (χ0v) is 12.3. The van der Waals surface area contributed by atoms with Gasteiger partial charge < -0.3 is 15.2 Å². The van der Waals surface area contributed by atoms with Crippen molar-refractivity contribution in [2.45, 2.75) is 26.3 Å². The van der Waals surface area contributed by atoms with E-state index in [1.165, 1.54) is 6.08 Å². The minimum Gasteiger partial charge on any atom is -0.497 e. The van der Waals surface area contributed by atoms with Crippen molar-refractivity contribution >= 4 is 12.0 Å². The lowest BCUT2D eigenvalue weighted by molar-refractivity contribution is -0.117. The molecule has 2 N–H and O–H groups in total. The van der Waals surface area contributed by atoms with Crippen molar-refractivity contribution < 1.29 is 14.6 Å². The molecule has 20 heavy (non-hydrogen) atoms. The van der Waals surface area contributed by atoms with Crippen molar-refractivity contribution in [3.63, 3.8) is 0 Å². The highest BCUT2D eigenvalue weighted by Crippen LogP contribution is 2.12. The molecule has 4 nitrogen and oxygen atoms in total. The predicted molar refractivity (Wildman–Crippen MR) is 80.5 cm³/mol. The third-order valence-corrected chi connectivity index (χ3v) is 2.87. The van der Waals surface area contributed by atoms with Gasteiger partial charge in [0.25, 0.3) is 0 Å². The Morgan fingerprint density at radius 1 is 1.35 bits per heavy atom. The Morgan fingerprint density at radius 3 is 2.50 bits per heavy atom. The van der Waals surface area contributed by atoms with Crippen LogP contribution in [-0.4, -0.2) is 30.8 Å². The van der Waals surface area contributed by atoms with Crippen molar-refractivity contribution in [2.24, 2.45) is 5.92 Å². The van der Waals surface area contributed by atoms with Crippen LogP contribution < -0.4 is 10.1 Å². The number of benzene rings is 1. The first-order chi connectivity index (χ1) is 9.55. The number of hydrogen-bond acceptors (Lipinski definition) is 3. The van der Waals surface area contributed by atoms with Gasteiger partial charge in [-0.1, -0.05) is 26.0 Å². The van der Waals surface area contributed by atoms with Crippen LogP contribution in [-0.2, 0) is 4.79 Å². The lowest BCUT2D eigenvalue weighted by Crippen LogP contribution is -2.37. The minimum atomic E-state index is -0.194. The molecule has 4 heteroatoms. The lowest BCUT2D eigenvalue weighted by Gasteiger charge is -2.17. The van der Waals surface area contributed by atoms with Gasteiger partial charge in [0.05, 0.1) is 19.8 Å². The molecular weight excluding hydrogens is 254 g/mol. The molecule has 1 amide bonds. The Kier molecular flexibility index (Phi) is 6.81. The van der Waals surface area contributed by atoms with Crippen molar-refractivity contribution in [1.29, 1.82) is 0 Å². The summed E-state index contributed by atoms with van der Waals surface area (Å²) in [6.07, 6.45) is 3.97. The molecule has 0 bridgehead atoms. The highest BCUT2D eigenvalue weighted by Gasteiger charge is 2.11. The monoisotopic (exact) mass is 277 g/mol. The van der Waals surface area contributed by atoms with Crippen LogP contribution in [0.5, 0.6) is 5.75 Å². The Morgan fingerprint density at radius 2 is 2.00 bits per heavy atom. The van der Waals surface area contributed by atoms with Crippen molar-refractivity contribution in [3.8, 4) is 5.75 Å². The van der Waals surface area contributed by atoms with E-state index in [0.717, 1.165) is 17.7 Å². The Labute approximate surface area is 120 Å². The molecule has 0 aliphatic carbocycles. The van der Waals surface area contributed by atoms with Crippen LogP contribution in [0.15, 0.2) is 30.3 Å². The maximum Gasteiger partial charge on any atom is 0.244 e. The van der Waals surface area contributed by atoms with Crippen LogP contribution in [0.4, 0.5) is 0 Å². The number of aliphatic hydroxyl groups is 1. The van der Waals surface area contributed by atoms with Crippen molar-refractivity contribution in [1.82, 2.24) is 5.32 Å². The second-order valence-corrected chi connectivity index (χ2v) is 5.12. The standard InChI is InChI=1S/C16H23NO3/c1-12(2)10-14(11-18)17-16(19)9-6-13-4-7-15(20-3)8-5-13/h4-9,12,14,18H,10-11H2,1-3H3,(H,17,19)/b9-6+/t14-/m0/s1. The molecule has 0 radical (unpaired) electrons. The predicted octanol–water partition coefficient (Wildman–Crippen LogP) is 2.23. The Balaban J connectivity index is 2.53. The van der Waals surface area contributed by atoms with E-state index in [9.17, 15) is 9.90 Å². The first kappa shape index (κ1) is 16.2. The number of carbonyl (C=O) groups is 1. The summed E-state index contributed by atoms with van der Waals surface area (Å²) in [5, 5.41) is 12.0. The molecule has 0 saturated carbocycles. The second kappa shape index (κ2) is 8.38. The molecule has 0 aliphatic heterocycles. The number of carbonyl (C=O) groups excluding carboxylic acids is 1. The van der Waals surface area contributed by atoms with Crippen molar-refractivity contribution in [2.75, 3.05) is 13.7 Å². The molecule has 0 saturated heterocycles. The summed E-state index contributed by atoms with van der Waals surface area (Å²) in [5.74, 6) is 1.02. The average molecular weight is 277 g/mol. The van der Waals surface area contributed by atoms with Crippen molar-refractivity contribution in [3.05, 3.63) is 35.9 Å². The van der Waals surface area contributed by atoms with Crippen LogP contribution in [0.3, 0.4) is 0 Å². The second-order valence-electron chi connectivity index (χ2n) is 5.12. The normalized spacial score (nSPS) is 12.7. The largest absolute Gasteiger partial charge is 0.497 e. The van der Waals surface area contributed by atoms with Gasteiger partial charge in [-0.3, -0.25) is 4.79 Å². The molecule has 1 aromatic carbocycles. The van der Waals surface area contributed by atoms with Gasteiger partial charge in [0.15, 0.2) is 0 Å². The van der Waals surface area contributed by atoms with Gasteiger partial charge in [-0.25, -0.2) is 0 Å². The van der Waals surface area contributed by atoms with Gasteiger partial charge in [0, 0.05) is 6.08 Å².